The Balaban J connectivity index is 1.40. The van der Waals surface area contributed by atoms with Gasteiger partial charge in [-0.2, -0.15) is 0 Å². The topological polar surface area (TPSA) is 12.9 Å². The minimum Gasteiger partial charge on any atom is -0.264 e. The minimum absolute atomic E-state index is 1.12. The van der Waals surface area contributed by atoms with Gasteiger partial charge in [0.2, 0.25) is 0 Å². The quantitative estimate of drug-likeness (QED) is 0.216. The van der Waals surface area contributed by atoms with Gasteiger partial charge in [0.15, 0.2) is 0 Å². The molecule has 0 saturated carbocycles. The summed E-state index contributed by atoms with van der Waals surface area (Å²) in [5.74, 6) is 0. The van der Waals surface area contributed by atoms with Crippen LogP contribution in [0, 0.1) is 0 Å². The number of hydrogen-bond donors (Lipinski definition) is 0. The fourth-order valence-electron chi connectivity index (χ4n) is 6.18. The molecule has 40 heavy (non-hydrogen) atoms. The molecular weight excluding hydrogens is 482 g/mol. The van der Waals surface area contributed by atoms with Gasteiger partial charge in [-0.1, -0.05) is 121 Å². The van der Waals surface area contributed by atoms with Gasteiger partial charge < -0.3 is 0 Å². The van der Waals surface area contributed by atoms with Crippen molar-refractivity contribution in [3.05, 3.63) is 152 Å². The van der Waals surface area contributed by atoms with E-state index in [1.807, 2.05) is 18.5 Å². The lowest BCUT2D eigenvalue weighted by Gasteiger charge is -2.18. The molecule has 0 aliphatic carbocycles. The molecule has 0 saturated heterocycles. The molecular formula is C39H25N. The molecule has 0 radical (unpaired) electrons. The molecule has 0 atom stereocenters. The number of hydrogen-bond acceptors (Lipinski definition) is 1. The fourth-order valence-corrected chi connectivity index (χ4v) is 6.18. The smallest absolute Gasteiger partial charge is 0.0346 e. The molecule has 1 aromatic heterocycles. The van der Waals surface area contributed by atoms with Crippen LogP contribution in [-0.4, -0.2) is 4.98 Å². The Morgan fingerprint density at radius 3 is 1.68 bits per heavy atom. The predicted molar refractivity (Wildman–Crippen MR) is 170 cm³/mol. The summed E-state index contributed by atoms with van der Waals surface area (Å²) in [4.78, 5) is 4.35. The molecule has 0 N–H and O–H groups in total. The number of nitrogens with zero attached hydrogens (tertiary/aromatic N) is 1. The van der Waals surface area contributed by atoms with E-state index in [4.69, 9.17) is 0 Å². The summed E-state index contributed by atoms with van der Waals surface area (Å²) < 4.78 is 0. The third-order valence-corrected chi connectivity index (χ3v) is 8.12. The minimum atomic E-state index is 1.12. The van der Waals surface area contributed by atoms with E-state index >= 15 is 0 Å². The van der Waals surface area contributed by atoms with Gasteiger partial charge in [0.1, 0.15) is 0 Å². The van der Waals surface area contributed by atoms with Gasteiger partial charge in [-0.15, -0.1) is 0 Å². The second kappa shape index (κ2) is 9.18. The largest absolute Gasteiger partial charge is 0.264 e. The van der Waals surface area contributed by atoms with Crippen LogP contribution < -0.4 is 0 Å². The van der Waals surface area contributed by atoms with Crippen molar-refractivity contribution < 1.29 is 0 Å². The van der Waals surface area contributed by atoms with Crippen LogP contribution in [0.3, 0.4) is 0 Å². The maximum Gasteiger partial charge on any atom is 0.0346 e. The van der Waals surface area contributed by atoms with Crippen LogP contribution in [0.2, 0.25) is 0 Å². The molecule has 0 unspecified atom stereocenters. The first-order chi connectivity index (χ1) is 19.8. The van der Waals surface area contributed by atoms with E-state index < -0.39 is 0 Å². The highest BCUT2D eigenvalue weighted by Gasteiger charge is 2.17. The predicted octanol–water partition coefficient (Wildman–Crippen LogP) is 10.6. The maximum absolute atomic E-state index is 4.35. The van der Waals surface area contributed by atoms with Gasteiger partial charge >= 0.3 is 0 Å². The van der Waals surface area contributed by atoms with Crippen molar-refractivity contribution in [1.82, 2.24) is 4.98 Å². The maximum atomic E-state index is 4.35. The van der Waals surface area contributed by atoms with Crippen molar-refractivity contribution in [2.75, 3.05) is 0 Å². The van der Waals surface area contributed by atoms with E-state index in [1.54, 1.807) is 0 Å². The first kappa shape index (κ1) is 22.7. The SMILES string of the molecule is c1ccc(-c2ccc(-c3cc(-c4cccc(-c5cccnc5)c4)c4ccc5cccc6ccc3c4c65)cc2)cc1. The molecule has 1 nitrogen and oxygen atoms in total. The van der Waals surface area contributed by atoms with Crippen LogP contribution in [0.1, 0.15) is 0 Å². The Kier molecular flexibility index (Phi) is 5.21. The summed E-state index contributed by atoms with van der Waals surface area (Å²) in [5, 5.41) is 7.81. The van der Waals surface area contributed by atoms with Gasteiger partial charge in [-0.05, 0) is 89.5 Å². The van der Waals surface area contributed by atoms with E-state index in [0.717, 1.165) is 5.56 Å². The van der Waals surface area contributed by atoms with Crippen LogP contribution >= 0.6 is 0 Å². The lowest BCUT2D eigenvalue weighted by atomic mass is 9.85. The molecule has 8 aromatic rings. The average molecular weight is 508 g/mol. The van der Waals surface area contributed by atoms with E-state index in [9.17, 15) is 0 Å². The van der Waals surface area contributed by atoms with Crippen LogP contribution in [0.5, 0.6) is 0 Å². The number of benzene rings is 7. The Bertz CT molecular complexity index is 2110. The van der Waals surface area contributed by atoms with Gasteiger partial charge in [0.05, 0.1) is 0 Å². The molecule has 186 valence electrons. The lowest BCUT2D eigenvalue weighted by Crippen LogP contribution is -1.91. The van der Waals surface area contributed by atoms with Gasteiger partial charge in [-0.3, -0.25) is 4.98 Å². The molecule has 0 spiro atoms. The Hall–Kier alpha value is -5.27. The van der Waals surface area contributed by atoms with Gasteiger partial charge in [0, 0.05) is 18.0 Å². The van der Waals surface area contributed by atoms with Crippen molar-refractivity contribution in [2.45, 2.75) is 0 Å². The molecule has 0 aliphatic rings. The summed E-state index contributed by atoms with van der Waals surface area (Å²) in [5.41, 5.74) is 9.70. The first-order valence-corrected chi connectivity index (χ1v) is 13.7. The monoisotopic (exact) mass is 507 g/mol. The third kappa shape index (κ3) is 3.67. The number of rotatable bonds is 4. The lowest BCUT2D eigenvalue weighted by molar-refractivity contribution is 1.33. The van der Waals surface area contributed by atoms with Crippen LogP contribution in [0.4, 0.5) is 0 Å². The second-order valence-electron chi connectivity index (χ2n) is 10.4. The standard InChI is InChI=1S/C39H25N/c1-2-7-26(8-3-1)27-14-16-28(17-15-27)36-24-37(32-12-5-11-31(23-32)33-13-6-22-40-25-33)35-21-19-30-10-4-9-29-18-20-34(36)39(35)38(29)30/h1-25H. The summed E-state index contributed by atoms with van der Waals surface area (Å²) in [7, 11) is 0. The first-order valence-electron chi connectivity index (χ1n) is 13.7. The van der Waals surface area contributed by atoms with E-state index in [2.05, 4.69) is 138 Å². The number of pyridine rings is 1. The van der Waals surface area contributed by atoms with Crippen molar-refractivity contribution in [3.8, 4) is 44.5 Å². The molecule has 0 fully saturated rings. The van der Waals surface area contributed by atoms with E-state index in [0.29, 0.717) is 0 Å². The van der Waals surface area contributed by atoms with Crippen LogP contribution in [0.15, 0.2) is 152 Å². The molecule has 8 rings (SSSR count). The summed E-state index contributed by atoms with van der Waals surface area (Å²) in [6.07, 6.45) is 3.76. The Morgan fingerprint density at radius 2 is 0.950 bits per heavy atom. The van der Waals surface area contributed by atoms with Crippen molar-refractivity contribution >= 4 is 32.3 Å². The highest BCUT2D eigenvalue weighted by Crippen LogP contribution is 2.44. The Morgan fingerprint density at radius 1 is 0.350 bits per heavy atom. The molecule has 0 amide bonds. The zero-order chi connectivity index (χ0) is 26.5. The third-order valence-electron chi connectivity index (χ3n) is 8.12. The molecule has 7 aromatic carbocycles. The van der Waals surface area contributed by atoms with Crippen LogP contribution in [-0.2, 0) is 0 Å². The normalized spacial score (nSPS) is 11.5. The molecule has 0 bridgehead atoms. The van der Waals surface area contributed by atoms with Crippen LogP contribution in [0.25, 0.3) is 76.8 Å². The Labute approximate surface area is 233 Å². The number of aromatic nitrogens is 1. The van der Waals surface area contributed by atoms with Crippen molar-refractivity contribution in [3.63, 3.8) is 0 Å². The zero-order valence-corrected chi connectivity index (χ0v) is 21.9. The second-order valence-corrected chi connectivity index (χ2v) is 10.4. The molecule has 0 aliphatic heterocycles. The highest BCUT2D eigenvalue weighted by atomic mass is 14.6. The van der Waals surface area contributed by atoms with Gasteiger partial charge in [0.25, 0.3) is 0 Å². The van der Waals surface area contributed by atoms with Gasteiger partial charge in [-0.25, -0.2) is 0 Å². The highest BCUT2D eigenvalue weighted by molar-refractivity contribution is 6.28. The van der Waals surface area contributed by atoms with Crippen molar-refractivity contribution in [2.24, 2.45) is 0 Å². The summed E-state index contributed by atoms with van der Waals surface area (Å²) in [6, 6.07) is 50.7. The van der Waals surface area contributed by atoms with Crippen molar-refractivity contribution in [1.29, 1.82) is 0 Å². The molecule has 1 heterocycles. The van der Waals surface area contributed by atoms with E-state index in [-0.39, 0.29) is 0 Å². The summed E-state index contributed by atoms with van der Waals surface area (Å²) >= 11 is 0. The average Bonchev–Trinajstić information content (AvgIpc) is 3.04. The zero-order valence-electron chi connectivity index (χ0n) is 21.9. The fraction of sp³-hybridized carbons (Fsp3) is 0. The molecule has 1 heteroatoms. The van der Waals surface area contributed by atoms with E-state index in [1.165, 1.54) is 71.3 Å². The summed E-state index contributed by atoms with van der Waals surface area (Å²) in [6.45, 7) is 0.